The van der Waals surface area contributed by atoms with Gasteiger partial charge in [0.15, 0.2) is 11.5 Å². The van der Waals surface area contributed by atoms with Gasteiger partial charge in [-0.3, -0.25) is 4.79 Å². The zero-order valence-electron chi connectivity index (χ0n) is 8.13. The number of anilines is 1. The minimum Gasteiger partial charge on any atom is -0.391 e. The van der Waals surface area contributed by atoms with E-state index in [2.05, 4.69) is 10.3 Å². The third-order valence-corrected chi connectivity index (χ3v) is 2.72. The highest BCUT2D eigenvalue weighted by Gasteiger charge is 2.30. The van der Waals surface area contributed by atoms with Gasteiger partial charge in [0.1, 0.15) is 0 Å². The first-order chi connectivity index (χ1) is 7.11. The highest BCUT2D eigenvalue weighted by Crippen LogP contribution is 2.31. The highest BCUT2D eigenvalue weighted by molar-refractivity contribution is 5.94. The molecule has 1 heterocycles. The molecule has 0 aliphatic heterocycles. The lowest BCUT2D eigenvalue weighted by Crippen LogP contribution is -2.22. The van der Waals surface area contributed by atoms with E-state index < -0.39 is 12.0 Å². The fraction of sp³-hybridized carbons (Fsp3) is 0.625. The van der Waals surface area contributed by atoms with E-state index in [0.717, 1.165) is 19.3 Å². The van der Waals surface area contributed by atoms with Gasteiger partial charge in [0, 0.05) is 0 Å². The van der Waals surface area contributed by atoms with Crippen LogP contribution >= 0.6 is 0 Å². The summed E-state index contributed by atoms with van der Waals surface area (Å²) in [5, 5.41) is 17.0. The van der Waals surface area contributed by atoms with Crippen LogP contribution in [0.15, 0.2) is 0 Å². The summed E-state index contributed by atoms with van der Waals surface area (Å²) in [4.78, 5) is 10.9. The molecule has 2 rings (SSSR count). The average Bonchev–Trinajstić information content (AvgIpc) is 2.71. The molecule has 7 nitrogen and oxygen atoms in total. The van der Waals surface area contributed by atoms with E-state index >= 15 is 0 Å². The van der Waals surface area contributed by atoms with Crippen LogP contribution in [-0.2, 0) is 0 Å². The maximum absolute atomic E-state index is 10.9. The molecule has 1 aliphatic carbocycles. The molecule has 1 fully saturated rings. The first kappa shape index (κ1) is 9.91. The first-order valence-electron chi connectivity index (χ1n) is 4.79. The van der Waals surface area contributed by atoms with Crippen LogP contribution in [0.3, 0.4) is 0 Å². The molecule has 1 saturated carbocycles. The second-order valence-corrected chi connectivity index (χ2v) is 3.70. The third kappa shape index (κ3) is 1.54. The van der Waals surface area contributed by atoms with Crippen molar-refractivity contribution in [1.29, 1.82) is 0 Å². The van der Waals surface area contributed by atoms with Crippen molar-refractivity contribution in [2.24, 2.45) is 5.73 Å². The van der Waals surface area contributed by atoms with E-state index in [0.29, 0.717) is 0 Å². The minimum atomic E-state index is -0.703. The third-order valence-electron chi connectivity index (χ3n) is 2.72. The summed E-state index contributed by atoms with van der Waals surface area (Å²) in [6.07, 6.45) is 1.94. The quantitative estimate of drug-likeness (QED) is 0.582. The second-order valence-electron chi connectivity index (χ2n) is 3.70. The standard InChI is InChI=1S/C8H13N5O2/c9-7-6(8(10)15)11-12-13(7)4-2-1-3-5(4)14/h4-5,14H,1-3,9H2,(H2,10,15)/t4-,5+/m0/s1. The number of aliphatic hydroxyl groups excluding tert-OH is 1. The van der Waals surface area contributed by atoms with Crippen LogP contribution in [-0.4, -0.2) is 32.1 Å². The topological polar surface area (TPSA) is 120 Å². The zero-order chi connectivity index (χ0) is 11.0. The van der Waals surface area contributed by atoms with Crippen molar-refractivity contribution in [1.82, 2.24) is 15.0 Å². The van der Waals surface area contributed by atoms with Crippen molar-refractivity contribution in [3.63, 3.8) is 0 Å². The van der Waals surface area contributed by atoms with E-state index in [1.807, 2.05) is 0 Å². The van der Waals surface area contributed by atoms with Gasteiger partial charge in [-0.25, -0.2) is 4.68 Å². The smallest absolute Gasteiger partial charge is 0.273 e. The highest BCUT2D eigenvalue weighted by atomic mass is 16.3. The minimum absolute atomic E-state index is 0.0332. The molecule has 0 bridgehead atoms. The van der Waals surface area contributed by atoms with Crippen molar-refractivity contribution >= 4 is 11.7 Å². The van der Waals surface area contributed by atoms with Crippen LogP contribution < -0.4 is 11.5 Å². The number of aliphatic hydroxyl groups is 1. The fourth-order valence-electron chi connectivity index (χ4n) is 1.93. The summed E-state index contributed by atoms with van der Waals surface area (Å²) in [5.41, 5.74) is 10.7. The predicted molar refractivity (Wildman–Crippen MR) is 51.8 cm³/mol. The predicted octanol–water partition coefficient (Wildman–Crippen LogP) is -0.955. The Kier molecular flexibility index (Phi) is 2.31. The van der Waals surface area contributed by atoms with Gasteiger partial charge in [-0.2, -0.15) is 0 Å². The van der Waals surface area contributed by atoms with Gasteiger partial charge in [-0.1, -0.05) is 5.21 Å². The number of rotatable bonds is 2. The van der Waals surface area contributed by atoms with E-state index in [-0.39, 0.29) is 17.6 Å². The van der Waals surface area contributed by atoms with Gasteiger partial charge in [-0.15, -0.1) is 5.10 Å². The number of amides is 1. The number of carbonyl (C=O) groups excluding carboxylic acids is 1. The molecule has 82 valence electrons. The van der Waals surface area contributed by atoms with Crippen LogP contribution in [0.2, 0.25) is 0 Å². The summed E-state index contributed by atoms with van der Waals surface area (Å²) in [6, 6.07) is -0.189. The first-order valence-corrected chi connectivity index (χ1v) is 4.79. The maximum atomic E-state index is 10.9. The maximum Gasteiger partial charge on any atom is 0.273 e. The lowest BCUT2D eigenvalue weighted by Gasteiger charge is -2.15. The largest absolute Gasteiger partial charge is 0.391 e. The Balaban J connectivity index is 2.33. The van der Waals surface area contributed by atoms with E-state index in [1.165, 1.54) is 4.68 Å². The van der Waals surface area contributed by atoms with Gasteiger partial charge in [0.2, 0.25) is 0 Å². The lowest BCUT2D eigenvalue weighted by molar-refractivity contribution is 0.0996. The second kappa shape index (κ2) is 3.50. The van der Waals surface area contributed by atoms with Crippen molar-refractivity contribution in [2.45, 2.75) is 31.4 Å². The van der Waals surface area contributed by atoms with Crippen LogP contribution in [0.1, 0.15) is 35.8 Å². The van der Waals surface area contributed by atoms with Gasteiger partial charge in [0.25, 0.3) is 5.91 Å². The lowest BCUT2D eigenvalue weighted by atomic mass is 10.2. The van der Waals surface area contributed by atoms with Crippen LogP contribution in [0, 0.1) is 0 Å². The van der Waals surface area contributed by atoms with Gasteiger partial charge in [0.05, 0.1) is 12.1 Å². The molecule has 0 radical (unpaired) electrons. The van der Waals surface area contributed by atoms with Crippen molar-refractivity contribution < 1.29 is 9.90 Å². The summed E-state index contributed by atoms with van der Waals surface area (Å²) >= 11 is 0. The molecule has 1 aromatic rings. The SMILES string of the molecule is NC(=O)c1nnn([C@H]2CCC[C@H]2O)c1N. The molecule has 0 spiro atoms. The number of nitrogens with zero attached hydrogens (tertiary/aromatic N) is 3. The number of nitrogen functional groups attached to an aromatic ring is 1. The Morgan fingerprint density at radius 1 is 1.53 bits per heavy atom. The van der Waals surface area contributed by atoms with E-state index in [4.69, 9.17) is 11.5 Å². The summed E-state index contributed by atoms with van der Waals surface area (Å²) < 4.78 is 1.39. The average molecular weight is 211 g/mol. The molecule has 7 heteroatoms. The molecule has 1 aromatic heterocycles. The van der Waals surface area contributed by atoms with Crippen LogP contribution in [0.25, 0.3) is 0 Å². The summed E-state index contributed by atoms with van der Waals surface area (Å²) in [7, 11) is 0. The molecule has 0 unspecified atom stereocenters. The molecule has 1 amide bonds. The Labute approximate surface area is 86.0 Å². The number of hydrogen-bond acceptors (Lipinski definition) is 5. The number of hydrogen-bond donors (Lipinski definition) is 3. The Bertz CT molecular complexity index is 388. The van der Waals surface area contributed by atoms with Crippen molar-refractivity contribution in [3.05, 3.63) is 5.69 Å². The number of nitrogens with two attached hydrogens (primary N) is 2. The van der Waals surface area contributed by atoms with Crippen molar-refractivity contribution in [3.8, 4) is 0 Å². The van der Waals surface area contributed by atoms with Crippen LogP contribution in [0.5, 0.6) is 0 Å². The number of aromatic nitrogens is 3. The Morgan fingerprint density at radius 2 is 2.27 bits per heavy atom. The molecular formula is C8H13N5O2. The Hall–Kier alpha value is -1.63. The van der Waals surface area contributed by atoms with Gasteiger partial charge >= 0.3 is 0 Å². The normalized spacial score (nSPS) is 25.7. The molecular weight excluding hydrogens is 198 g/mol. The summed E-state index contributed by atoms with van der Waals surface area (Å²) in [6.45, 7) is 0. The molecule has 2 atom stereocenters. The monoisotopic (exact) mass is 211 g/mol. The van der Waals surface area contributed by atoms with Crippen molar-refractivity contribution in [2.75, 3.05) is 5.73 Å². The summed E-state index contributed by atoms with van der Waals surface area (Å²) in [5.74, 6) is -0.570. The molecule has 0 saturated heterocycles. The zero-order valence-corrected chi connectivity index (χ0v) is 8.13. The molecule has 0 aromatic carbocycles. The van der Waals surface area contributed by atoms with Gasteiger partial charge < -0.3 is 16.6 Å². The van der Waals surface area contributed by atoms with E-state index in [1.54, 1.807) is 0 Å². The molecule has 15 heavy (non-hydrogen) atoms. The van der Waals surface area contributed by atoms with Gasteiger partial charge in [-0.05, 0) is 19.3 Å². The Morgan fingerprint density at radius 3 is 2.73 bits per heavy atom. The molecule has 5 N–H and O–H groups in total. The number of primary amides is 1. The van der Waals surface area contributed by atoms with E-state index in [9.17, 15) is 9.90 Å². The fourth-order valence-corrected chi connectivity index (χ4v) is 1.93. The van der Waals surface area contributed by atoms with Crippen LogP contribution in [0.4, 0.5) is 5.82 Å². The molecule has 1 aliphatic rings. The number of carbonyl (C=O) groups is 1.